The van der Waals surface area contributed by atoms with Gasteiger partial charge in [0, 0.05) is 0 Å². The molecule has 0 aliphatic carbocycles. The molecule has 0 heteroatoms. The van der Waals surface area contributed by atoms with Gasteiger partial charge < -0.3 is 0 Å². The molecule has 0 atom stereocenters. The topological polar surface area (TPSA) is 0 Å². The minimum Gasteiger partial charge on any atom is -0.0622 e. The minimum absolute atomic E-state index is 1.21. The van der Waals surface area contributed by atoms with E-state index in [1.807, 2.05) is 0 Å². The van der Waals surface area contributed by atoms with Crippen LogP contribution in [0.2, 0.25) is 0 Å². The Morgan fingerprint density at radius 2 is 0.591 bits per heavy atom. The van der Waals surface area contributed by atoms with Gasteiger partial charge in [0.2, 0.25) is 0 Å². The Hall–Kier alpha value is -8.58. The summed E-state index contributed by atoms with van der Waals surface area (Å²) in [6.45, 7) is 0. The summed E-state index contributed by atoms with van der Waals surface area (Å²) in [5.41, 5.74) is 14.9. The van der Waals surface area contributed by atoms with Crippen LogP contribution in [0, 0.1) is 0 Å². The van der Waals surface area contributed by atoms with Gasteiger partial charge in [0.25, 0.3) is 0 Å². The molecule has 14 aromatic rings. The first-order valence-corrected chi connectivity index (χ1v) is 23.0. The summed E-state index contributed by atoms with van der Waals surface area (Å²) in [5, 5.41) is 18.1. The van der Waals surface area contributed by atoms with Gasteiger partial charge in [-0.25, -0.2) is 0 Å². The van der Waals surface area contributed by atoms with Gasteiger partial charge in [-0.2, -0.15) is 0 Å². The number of hydrogen-bond acceptors (Lipinski definition) is 0. The molecule has 66 heavy (non-hydrogen) atoms. The van der Waals surface area contributed by atoms with E-state index in [2.05, 4.69) is 243 Å². The molecule has 0 N–H and O–H groups in total. The van der Waals surface area contributed by atoms with Crippen molar-refractivity contribution in [3.05, 3.63) is 243 Å². The molecule has 0 aromatic heterocycles. The maximum absolute atomic E-state index is 2.58. The summed E-state index contributed by atoms with van der Waals surface area (Å²) in [6, 6.07) is 90.4. The SMILES string of the molecule is c1ccc(-c2ccccc2-c2ccc3c(c2)c2cc4c(-c5ccccc5-c5ccccc5)c5c6cccc7cccc(c5c(-c5ccccc5-c5ccccc5)c4c4cccc3c24)c76)cc1. The molecule has 0 saturated heterocycles. The smallest absolute Gasteiger partial charge is 0.000697 e. The predicted molar refractivity (Wildman–Crippen MR) is 284 cm³/mol. The molecular weight excluding hydrogens is 793 g/mol. The predicted octanol–water partition coefficient (Wildman–Crippen LogP) is 18.6. The summed E-state index contributed by atoms with van der Waals surface area (Å²) in [5.74, 6) is 0. The molecule has 0 spiro atoms. The fourth-order valence-electron chi connectivity index (χ4n) is 11.7. The van der Waals surface area contributed by atoms with Crippen LogP contribution in [0.4, 0.5) is 0 Å². The minimum atomic E-state index is 1.21. The third kappa shape index (κ3) is 5.33. The Balaban J connectivity index is 1.22. The maximum atomic E-state index is 2.58. The van der Waals surface area contributed by atoms with E-state index >= 15 is 0 Å². The molecule has 0 fully saturated rings. The van der Waals surface area contributed by atoms with Crippen molar-refractivity contribution >= 4 is 75.4 Å². The second-order valence-corrected chi connectivity index (χ2v) is 17.8. The highest BCUT2D eigenvalue weighted by molar-refractivity contribution is 6.45. The first-order valence-electron chi connectivity index (χ1n) is 23.0. The van der Waals surface area contributed by atoms with E-state index in [-0.39, 0.29) is 0 Å². The van der Waals surface area contributed by atoms with Gasteiger partial charge in [0.15, 0.2) is 0 Å². The van der Waals surface area contributed by atoms with Gasteiger partial charge in [-0.15, -0.1) is 0 Å². The van der Waals surface area contributed by atoms with Crippen LogP contribution >= 0.6 is 0 Å². The number of hydrogen-bond donors (Lipinski definition) is 0. The Bertz CT molecular complexity index is 4180. The molecule has 0 heterocycles. The maximum Gasteiger partial charge on any atom is -0.000697 e. The lowest BCUT2D eigenvalue weighted by Gasteiger charge is -2.22. The Labute approximate surface area is 383 Å². The molecule has 0 amide bonds. The lowest BCUT2D eigenvalue weighted by molar-refractivity contribution is 1.60. The third-order valence-electron chi connectivity index (χ3n) is 14.4. The van der Waals surface area contributed by atoms with Crippen molar-refractivity contribution in [1.82, 2.24) is 0 Å². The van der Waals surface area contributed by atoms with Crippen molar-refractivity contribution in [2.75, 3.05) is 0 Å². The fourth-order valence-corrected chi connectivity index (χ4v) is 11.7. The van der Waals surface area contributed by atoms with Crippen LogP contribution in [-0.2, 0) is 0 Å². The Morgan fingerprint density at radius 1 is 0.167 bits per heavy atom. The van der Waals surface area contributed by atoms with Gasteiger partial charge >= 0.3 is 0 Å². The number of rotatable bonds is 6. The molecule has 14 rings (SSSR count). The van der Waals surface area contributed by atoms with Gasteiger partial charge in [0.05, 0.1) is 0 Å². The molecule has 0 nitrogen and oxygen atoms in total. The van der Waals surface area contributed by atoms with E-state index in [0.717, 1.165) is 0 Å². The quantitative estimate of drug-likeness (QED) is 0.146. The van der Waals surface area contributed by atoms with Crippen molar-refractivity contribution < 1.29 is 0 Å². The lowest BCUT2D eigenvalue weighted by atomic mass is 9.81. The molecule has 14 aromatic carbocycles. The number of fused-ring (bicyclic) bond motifs is 8. The van der Waals surface area contributed by atoms with Crippen LogP contribution in [0.3, 0.4) is 0 Å². The van der Waals surface area contributed by atoms with E-state index in [1.54, 1.807) is 0 Å². The molecule has 0 aliphatic heterocycles. The third-order valence-corrected chi connectivity index (χ3v) is 14.4. The Morgan fingerprint density at radius 3 is 1.15 bits per heavy atom. The van der Waals surface area contributed by atoms with Crippen LogP contribution in [0.15, 0.2) is 243 Å². The summed E-state index contributed by atoms with van der Waals surface area (Å²) in [6.07, 6.45) is 0. The standard InChI is InChI=1S/C66H40/c1-4-19-41(20-5-1)46-27-10-11-30-49(46)45-37-38-50-53-33-18-36-56-61(53)58(57(50)39-45)40-59-62(51-31-14-12-28-47(51)42-21-6-2-7-22-42)65-54-34-16-25-44-26-17-35-55(60(44)54)66(65)64(63(56)59)52-32-15-13-29-48(52)43-23-8-3-9-24-43/h1-40H. The van der Waals surface area contributed by atoms with Crippen LogP contribution in [0.5, 0.6) is 0 Å². The van der Waals surface area contributed by atoms with Crippen LogP contribution in [0.1, 0.15) is 0 Å². The highest BCUT2D eigenvalue weighted by Gasteiger charge is 2.28. The van der Waals surface area contributed by atoms with E-state index < -0.39 is 0 Å². The number of benzene rings is 12. The monoisotopic (exact) mass is 832 g/mol. The second-order valence-electron chi connectivity index (χ2n) is 17.8. The van der Waals surface area contributed by atoms with E-state index in [0.29, 0.717) is 0 Å². The summed E-state index contributed by atoms with van der Waals surface area (Å²) < 4.78 is 0. The zero-order chi connectivity index (χ0) is 43.3. The van der Waals surface area contributed by atoms with Crippen molar-refractivity contribution in [2.24, 2.45) is 0 Å². The molecule has 0 saturated carbocycles. The average Bonchev–Trinajstić information content (AvgIpc) is 3.90. The highest BCUT2D eigenvalue weighted by Crippen LogP contribution is 2.56. The lowest BCUT2D eigenvalue weighted by Crippen LogP contribution is -1.94. The largest absolute Gasteiger partial charge is 0.0622 e. The second kappa shape index (κ2) is 14.5. The van der Waals surface area contributed by atoms with Gasteiger partial charge in [0.1, 0.15) is 0 Å². The first kappa shape index (κ1) is 36.9. The van der Waals surface area contributed by atoms with Crippen LogP contribution in [-0.4, -0.2) is 0 Å². The van der Waals surface area contributed by atoms with Crippen molar-refractivity contribution in [1.29, 1.82) is 0 Å². The molecule has 0 aliphatic rings. The van der Waals surface area contributed by atoms with E-state index in [1.165, 1.54) is 142 Å². The molecular formula is C66H40. The van der Waals surface area contributed by atoms with E-state index in [9.17, 15) is 0 Å². The molecule has 304 valence electrons. The van der Waals surface area contributed by atoms with Gasteiger partial charge in [-0.05, 0) is 154 Å². The zero-order valence-corrected chi connectivity index (χ0v) is 36.1. The molecule has 0 radical (unpaired) electrons. The van der Waals surface area contributed by atoms with Crippen LogP contribution in [0.25, 0.3) is 142 Å². The van der Waals surface area contributed by atoms with Gasteiger partial charge in [-0.3, -0.25) is 0 Å². The zero-order valence-electron chi connectivity index (χ0n) is 36.1. The average molecular weight is 833 g/mol. The molecule has 0 unspecified atom stereocenters. The first-order chi connectivity index (χ1) is 32.8. The van der Waals surface area contributed by atoms with E-state index in [4.69, 9.17) is 0 Å². The van der Waals surface area contributed by atoms with Crippen molar-refractivity contribution in [2.45, 2.75) is 0 Å². The highest BCUT2D eigenvalue weighted by atomic mass is 14.3. The van der Waals surface area contributed by atoms with Crippen molar-refractivity contribution in [3.63, 3.8) is 0 Å². The molecule has 0 bridgehead atoms. The summed E-state index contributed by atoms with van der Waals surface area (Å²) in [4.78, 5) is 0. The van der Waals surface area contributed by atoms with Crippen LogP contribution < -0.4 is 0 Å². The summed E-state index contributed by atoms with van der Waals surface area (Å²) in [7, 11) is 0. The van der Waals surface area contributed by atoms with Gasteiger partial charge in [-0.1, -0.05) is 231 Å². The fraction of sp³-hybridized carbons (Fsp3) is 0. The Kier molecular flexibility index (Phi) is 8.08. The normalized spacial score (nSPS) is 11.9. The van der Waals surface area contributed by atoms with Crippen molar-refractivity contribution in [3.8, 4) is 66.8 Å². The summed E-state index contributed by atoms with van der Waals surface area (Å²) >= 11 is 0.